The van der Waals surface area contributed by atoms with E-state index in [-0.39, 0.29) is 28.2 Å². The number of halogens is 1. The molecule has 0 unspecified atom stereocenters. The summed E-state index contributed by atoms with van der Waals surface area (Å²) in [4.78, 5) is 14.0. The van der Waals surface area contributed by atoms with Gasteiger partial charge in [0.25, 0.3) is 0 Å². The van der Waals surface area contributed by atoms with E-state index in [2.05, 4.69) is 34.3 Å². The molecule has 0 atom stereocenters. The predicted octanol–water partition coefficient (Wildman–Crippen LogP) is 6.18. The molecule has 0 aliphatic carbocycles. The molecule has 1 fully saturated rings. The topological polar surface area (TPSA) is 32.8 Å². The van der Waals surface area contributed by atoms with E-state index < -0.39 is 0 Å². The Kier molecular flexibility index (Phi) is 24.1. The van der Waals surface area contributed by atoms with Gasteiger partial charge < -0.3 is 19.3 Å². The van der Waals surface area contributed by atoms with Crippen molar-refractivity contribution in [2.75, 3.05) is 33.3 Å². The minimum absolute atomic E-state index is 0. The fourth-order valence-electron chi connectivity index (χ4n) is 2.30. The molecule has 2 rings (SSSR count). The minimum Gasteiger partial charge on any atom is -0.520 e. The Morgan fingerprint density at radius 3 is 2.09 bits per heavy atom. The van der Waals surface area contributed by atoms with Crippen LogP contribution in [0.5, 0.6) is 5.75 Å². The monoisotopic (exact) mass is 525 g/mol. The number of allylic oxidation sites excluding steroid dienone is 4. The Balaban J connectivity index is -0.000000444. The molecule has 1 aromatic rings. The average Bonchev–Trinajstić information content (AvgIpc) is 2.75. The fourth-order valence-corrected chi connectivity index (χ4v) is 2.30. The van der Waals surface area contributed by atoms with Gasteiger partial charge in [-0.2, -0.15) is 25.0 Å². The van der Waals surface area contributed by atoms with Crippen molar-refractivity contribution in [1.29, 1.82) is 0 Å². The molecule has 1 heterocycles. The molecular weight excluding hydrogens is 484 g/mol. The van der Waals surface area contributed by atoms with Crippen LogP contribution in [0.2, 0.25) is 0 Å². The van der Waals surface area contributed by atoms with Crippen LogP contribution in [0, 0.1) is 12.8 Å². The van der Waals surface area contributed by atoms with Gasteiger partial charge in [-0.1, -0.05) is 47.3 Å². The van der Waals surface area contributed by atoms with Gasteiger partial charge >= 0.3 is 22.4 Å². The summed E-state index contributed by atoms with van der Waals surface area (Å²) in [6, 6.07) is 7.64. The van der Waals surface area contributed by atoms with Crippen LogP contribution in [0.1, 0.15) is 47.1 Å². The van der Waals surface area contributed by atoms with E-state index in [9.17, 15) is 9.18 Å². The summed E-state index contributed by atoms with van der Waals surface area (Å²) in [5, 5.41) is 0. The zero-order chi connectivity index (χ0) is 24.2. The summed E-state index contributed by atoms with van der Waals surface area (Å²) >= 11 is 0. The van der Waals surface area contributed by atoms with Crippen LogP contribution < -0.4 is 4.74 Å². The van der Waals surface area contributed by atoms with Gasteiger partial charge in [-0.05, 0) is 31.1 Å². The number of hydrogen-bond acceptors (Lipinski definition) is 3. The smallest absolute Gasteiger partial charge is 0.520 e. The molecule has 0 spiro atoms. The maximum absolute atomic E-state index is 12.9. The second-order valence-electron chi connectivity index (χ2n) is 7.21. The van der Waals surface area contributed by atoms with Gasteiger partial charge in [0.1, 0.15) is 0 Å². The first-order valence-corrected chi connectivity index (χ1v) is 10.7. The molecule has 1 radical (unpaired) electrons. The first-order valence-electron chi connectivity index (χ1n) is 10.7. The van der Waals surface area contributed by atoms with Crippen molar-refractivity contribution in [2.45, 2.75) is 41.5 Å². The van der Waals surface area contributed by atoms with Crippen LogP contribution in [-0.2, 0) is 27.2 Å². The number of benzene rings is 1. The quantitative estimate of drug-likeness (QED) is 0.262. The van der Waals surface area contributed by atoms with E-state index in [0.29, 0.717) is 26.2 Å². The third kappa shape index (κ3) is 18.8. The summed E-state index contributed by atoms with van der Waals surface area (Å²) in [5.41, 5.74) is 1.77. The third-order valence-electron chi connectivity index (χ3n) is 3.54. The molecule has 1 saturated heterocycles. The maximum Gasteiger partial charge on any atom is 2.00 e. The SMILES string of the molecule is C=C/C=C(\C=C(/C)F)N1CCN([C-]=O)CC1.CC.CC(C)C.[CH2-]c1cccc(OC)c1.[Nb+2]. The van der Waals surface area contributed by atoms with Gasteiger partial charge in [0.2, 0.25) is 0 Å². The Labute approximate surface area is 211 Å². The molecule has 32 heavy (non-hydrogen) atoms. The molecule has 1 aromatic carbocycles. The molecule has 0 aromatic heterocycles. The van der Waals surface area contributed by atoms with Gasteiger partial charge in [0.05, 0.1) is 18.7 Å². The largest absolute Gasteiger partial charge is 2.00 e. The number of carbonyl (C=O) groups excluding carboxylic acids is 1. The van der Waals surface area contributed by atoms with E-state index in [1.165, 1.54) is 13.0 Å². The molecule has 4 nitrogen and oxygen atoms in total. The molecule has 1 aliphatic heterocycles. The number of rotatable bonds is 5. The third-order valence-corrected chi connectivity index (χ3v) is 3.54. The normalized spacial score (nSPS) is 13.2. The number of piperazine rings is 1. The van der Waals surface area contributed by atoms with Gasteiger partial charge in [-0.3, -0.25) is 0 Å². The van der Waals surface area contributed by atoms with E-state index in [1.807, 2.05) is 49.4 Å². The number of amides is 1. The van der Waals surface area contributed by atoms with E-state index in [4.69, 9.17) is 4.74 Å². The van der Waals surface area contributed by atoms with Gasteiger partial charge in [-0.25, -0.2) is 4.39 Å². The van der Waals surface area contributed by atoms with Crippen LogP contribution >= 0.6 is 0 Å². The van der Waals surface area contributed by atoms with Crippen molar-refractivity contribution in [2.24, 2.45) is 5.92 Å². The standard InChI is InChI=1S/C12H16FN2O.C8H9O.C4H10.C2H6.Nb/c1-3-4-12(9-11(2)13)15-7-5-14(10-16)6-8-15;1-7-4-3-5-8(6-7)9-2;1-4(2)3;1-2;/h3-4,9H,1,5-8H2,2H3;3-6H,1H2,2H3;4H,1-3H3;1-2H3;/q2*-1;;;+2/b11-9+,12-4+;;;;. The predicted molar refractivity (Wildman–Crippen MR) is 131 cm³/mol. The van der Waals surface area contributed by atoms with E-state index in [0.717, 1.165) is 22.9 Å². The minimum atomic E-state index is -0.238. The van der Waals surface area contributed by atoms with Crippen molar-refractivity contribution in [3.63, 3.8) is 0 Å². The number of methoxy groups -OCH3 is 1. The molecule has 0 bridgehead atoms. The van der Waals surface area contributed by atoms with Crippen molar-refractivity contribution < 1.29 is 36.3 Å². The maximum atomic E-state index is 12.9. The summed E-state index contributed by atoms with van der Waals surface area (Å²) in [6.45, 7) is 21.9. The second kappa shape index (κ2) is 22.3. The summed E-state index contributed by atoms with van der Waals surface area (Å²) in [7, 11) is 1.65. The first kappa shape index (κ1) is 34.7. The average molecular weight is 526 g/mol. The van der Waals surface area contributed by atoms with Gasteiger partial charge in [0.15, 0.2) is 0 Å². The molecule has 1 aliphatic rings. The van der Waals surface area contributed by atoms with Gasteiger partial charge in [-0.15, -0.1) is 12.1 Å². The number of ether oxygens (including phenoxy) is 1. The molecule has 1 amide bonds. The summed E-state index contributed by atoms with van der Waals surface area (Å²) in [6.07, 6.45) is 6.74. The van der Waals surface area contributed by atoms with Crippen molar-refractivity contribution in [3.05, 3.63) is 73.1 Å². The molecule has 0 saturated carbocycles. The van der Waals surface area contributed by atoms with Crippen LogP contribution in [-0.4, -0.2) is 49.5 Å². The Bertz CT molecular complexity index is 661. The zero-order valence-corrected chi connectivity index (χ0v) is 23.1. The van der Waals surface area contributed by atoms with Crippen molar-refractivity contribution in [3.8, 4) is 5.75 Å². The first-order chi connectivity index (χ1) is 14.7. The molecular formula is C26H41FN2NbO2. The summed E-state index contributed by atoms with van der Waals surface area (Å²) in [5.74, 6) is 1.46. The zero-order valence-electron chi connectivity index (χ0n) is 20.9. The fraction of sp³-hybridized carbons (Fsp3) is 0.462. The Morgan fingerprint density at radius 1 is 1.22 bits per heavy atom. The number of hydrogen-bond donors (Lipinski definition) is 0. The van der Waals surface area contributed by atoms with Crippen molar-refractivity contribution >= 4 is 6.41 Å². The van der Waals surface area contributed by atoms with Gasteiger partial charge in [0, 0.05) is 31.9 Å². The molecule has 6 heteroatoms. The Hall–Kier alpha value is -1.95. The second-order valence-corrected chi connectivity index (χ2v) is 7.21. The molecule has 0 N–H and O–H groups in total. The van der Waals surface area contributed by atoms with Crippen LogP contribution in [0.25, 0.3) is 0 Å². The van der Waals surface area contributed by atoms with Crippen LogP contribution in [0.15, 0.2) is 60.6 Å². The van der Waals surface area contributed by atoms with E-state index >= 15 is 0 Å². The van der Waals surface area contributed by atoms with Crippen molar-refractivity contribution in [1.82, 2.24) is 9.80 Å². The molecule has 179 valence electrons. The summed E-state index contributed by atoms with van der Waals surface area (Å²) < 4.78 is 17.8. The Morgan fingerprint density at radius 2 is 1.75 bits per heavy atom. The van der Waals surface area contributed by atoms with Crippen LogP contribution in [0.4, 0.5) is 4.39 Å². The van der Waals surface area contributed by atoms with Crippen LogP contribution in [0.3, 0.4) is 0 Å². The van der Waals surface area contributed by atoms with E-state index in [1.54, 1.807) is 24.2 Å². The number of nitrogens with zero attached hydrogens (tertiary/aromatic N) is 2.